The lowest BCUT2D eigenvalue weighted by molar-refractivity contribution is 0.618. The lowest BCUT2D eigenvalue weighted by Crippen LogP contribution is -2.03. The fourth-order valence-electron chi connectivity index (χ4n) is 2.67. The van der Waals surface area contributed by atoms with Crippen LogP contribution in [0.4, 0.5) is 0 Å². The van der Waals surface area contributed by atoms with E-state index in [1.54, 1.807) is 12.3 Å². The van der Waals surface area contributed by atoms with E-state index in [1.807, 2.05) is 60.7 Å². The molecule has 3 nitrogen and oxygen atoms in total. The van der Waals surface area contributed by atoms with Crippen LogP contribution in [0.15, 0.2) is 88.2 Å². The van der Waals surface area contributed by atoms with Crippen molar-refractivity contribution in [3.8, 4) is 22.6 Å². The van der Waals surface area contributed by atoms with E-state index in [0.29, 0.717) is 22.4 Å². The Morgan fingerprint density at radius 2 is 1.43 bits per heavy atom. The van der Waals surface area contributed by atoms with Gasteiger partial charge in [0.25, 0.3) is 0 Å². The Labute approximate surface area is 132 Å². The van der Waals surface area contributed by atoms with Crippen molar-refractivity contribution in [3.63, 3.8) is 0 Å². The number of nitrogens with zero attached hydrogens (tertiary/aromatic N) is 1. The first-order valence-corrected chi connectivity index (χ1v) is 7.36. The van der Waals surface area contributed by atoms with E-state index in [-0.39, 0.29) is 5.43 Å². The summed E-state index contributed by atoms with van der Waals surface area (Å²) >= 11 is 0. The molecule has 3 heteroatoms. The van der Waals surface area contributed by atoms with Gasteiger partial charge in [0.15, 0.2) is 5.43 Å². The maximum absolute atomic E-state index is 12.7. The first kappa shape index (κ1) is 13.5. The van der Waals surface area contributed by atoms with Crippen LogP contribution in [0.5, 0.6) is 0 Å². The average molecular weight is 299 g/mol. The zero-order valence-corrected chi connectivity index (χ0v) is 12.3. The summed E-state index contributed by atoms with van der Waals surface area (Å²) in [6.07, 6.45) is 1.67. The Kier molecular flexibility index (Phi) is 3.24. The van der Waals surface area contributed by atoms with Crippen LogP contribution in [0.2, 0.25) is 0 Å². The molecule has 0 radical (unpaired) electrons. The maximum atomic E-state index is 12.7. The molecule has 4 aromatic rings. The van der Waals surface area contributed by atoms with E-state index < -0.39 is 0 Å². The van der Waals surface area contributed by atoms with Crippen molar-refractivity contribution < 1.29 is 4.42 Å². The van der Waals surface area contributed by atoms with Crippen molar-refractivity contribution in [1.29, 1.82) is 0 Å². The molecule has 0 aliphatic carbocycles. The molecule has 2 heterocycles. The van der Waals surface area contributed by atoms with E-state index >= 15 is 0 Å². The Hall–Kier alpha value is -3.20. The van der Waals surface area contributed by atoms with E-state index in [4.69, 9.17) is 4.42 Å². The van der Waals surface area contributed by atoms with E-state index in [2.05, 4.69) is 4.98 Å². The number of rotatable bonds is 2. The van der Waals surface area contributed by atoms with Gasteiger partial charge in [0.1, 0.15) is 11.3 Å². The van der Waals surface area contributed by atoms with Crippen LogP contribution < -0.4 is 5.43 Å². The minimum absolute atomic E-state index is 0.0861. The number of hydrogen-bond donors (Lipinski definition) is 0. The predicted molar refractivity (Wildman–Crippen MR) is 91.2 cm³/mol. The minimum Gasteiger partial charge on any atom is -0.456 e. The van der Waals surface area contributed by atoms with Gasteiger partial charge in [-0.05, 0) is 6.07 Å². The van der Waals surface area contributed by atoms with Crippen LogP contribution in [0.25, 0.3) is 33.6 Å². The van der Waals surface area contributed by atoms with Gasteiger partial charge in [-0.15, -0.1) is 0 Å². The third-order valence-electron chi connectivity index (χ3n) is 3.75. The van der Waals surface area contributed by atoms with Crippen molar-refractivity contribution >= 4 is 11.0 Å². The molecule has 110 valence electrons. The molecule has 0 amide bonds. The molecule has 23 heavy (non-hydrogen) atoms. The van der Waals surface area contributed by atoms with Gasteiger partial charge in [-0.2, -0.15) is 0 Å². The van der Waals surface area contributed by atoms with Gasteiger partial charge in [-0.1, -0.05) is 60.7 Å². The van der Waals surface area contributed by atoms with Crippen molar-refractivity contribution in [3.05, 3.63) is 89.2 Å². The van der Waals surface area contributed by atoms with Gasteiger partial charge in [0, 0.05) is 23.4 Å². The molecule has 2 aromatic heterocycles. The van der Waals surface area contributed by atoms with Crippen LogP contribution in [0.3, 0.4) is 0 Å². The first-order valence-electron chi connectivity index (χ1n) is 7.36. The highest BCUT2D eigenvalue weighted by molar-refractivity contribution is 5.91. The number of pyridine rings is 1. The van der Waals surface area contributed by atoms with Gasteiger partial charge in [0.2, 0.25) is 0 Å². The fraction of sp³-hybridized carbons (Fsp3) is 0. The standard InChI is InChI=1S/C20H13NO2/c22-16-13-18(14-7-3-1-4-8-14)23-17-11-12-21-20(19(16)17)15-9-5-2-6-10-15/h1-13H. The SMILES string of the molecule is O=c1cc(-c2ccccc2)oc2ccnc(-c3ccccc3)c12. The predicted octanol–water partition coefficient (Wildman–Crippen LogP) is 4.52. The Morgan fingerprint density at radius 1 is 0.783 bits per heavy atom. The van der Waals surface area contributed by atoms with Gasteiger partial charge in [-0.25, -0.2) is 0 Å². The number of hydrogen-bond acceptors (Lipinski definition) is 3. The summed E-state index contributed by atoms with van der Waals surface area (Å²) in [5, 5.41) is 0.512. The summed E-state index contributed by atoms with van der Waals surface area (Å²) in [6, 6.07) is 22.5. The van der Waals surface area contributed by atoms with Crippen molar-refractivity contribution in [2.24, 2.45) is 0 Å². The second-order valence-corrected chi connectivity index (χ2v) is 5.24. The lowest BCUT2D eigenvalue weighted by Gasteiger charge is -2.07. The van der Waals surface area contributed by atoms with Gasteiger partial charge in [-0.3, -0.25) is 9.78 Å². The van der Waals surface area contributed by atoms with Gasteiger partial charge >= 0.3 is 0 Å². The monoisotopic (exact) mass is 299 g/mol. The largest absolute Gasteiger partial charge is 0.456 e. The average Bonchev–Trinajstić information content (AvgIpc) is 2.62. The summed E-state index contributed by atoms with van der Waals surface area (Å²) in [5.41, 5.74) is 2.89. The lowest BCUT2D eigenvalue weighted by atomic mass is 10.1. The molecular weight excluding hydrogens is 286 g/mol. The number of aromatic nitrogens is 1. The van der Waals surface area contributed by atoms with Crippen LogP contribution in [0, 0.1) is 0 Å². The van der Waals surface area contributed by atoms with Gasteiger partial charge < -0.3 is 4.42 Å². The number of fused-ring (bicyclic) bond motifs is 1. The molecule has 0 atom stereocenters. The highest BCUT2D eigenvalue weighted by atomic mass is 16.3. The molecule has 0 spiro atoms. The third-order valence-corrected chi connectivity index (χ3v) is 3.75. The smallest absolute Gasteiger partial charge is 0.195 e. The molecule has 0 bridgehead atoms. The first-order chi connectivity index (χ1) is 11.3. The summed E-state index contributed by atoms with van der Waals surface area (Å²) < 4.78 is 5.95. The molecule has 0 saturated heterocycles. The van der Waals surface area contributed by atoms with Crippen LogP contribution in [-0.2, 0) is 0 Å². The van der Waals surface area contributed by atoms with Crippen molar-refractivity contribution in [2.45, 2.75) is 0 Å². The molecule has 0 aliphatic rings. The molecule has 0 saturated carbocycles. The molecule has 0 aliphatic heterocycles. The fourth-order valence-corrected chi connectivity index (χ4v) is 2.67. The molecule has 0 N–H and O–H groups in total. The van der Waals surface area contributed by atoms with Crippen LogP contribution >= 0.6 is 0 Å². The van der Waals surface area contributed by atoms with Crippen LogP contribution in [-0.4, -0.2) is 4.98 Å². The minimum atomic E-state index is -0.0861. The third kappa shape index (κ3) is 2.42. The normalized spacial score (nSPS) is 10.8. The van der Waals surface area contributed by atoms with Gasteiger partial charge in [0.05, 0.1) is 11.1 Å². The Morgan fingerprint density at radius 3 is 2.13 bits per heavy atom. The summed E-state index contributed by atoms with van der Waals surface area (Å²) in [7, 11) is 0. The van der Waals surface area contributed by atoms with E-state index in [0.717, 1.165) is 11.1 Å². The zero-order valence-electron chi connectivity index (χ0n) is 12.3. The second-order valence-electron chi connectivity index (χ2n) is 5.24. The maximum Gasteiger partial charge on any atom is 0.195 e. The van der Waals surface area contributed by atoms with E-state index in [9.17, 15) is 4.79 Å². The summed E-state index contributed by atoms with van der Waals surface area (Å²) in [4.78, 5) is 17.0. The molecular formula is C20H13NO2. The quantitative estimate of drug-likeness (QED) is 0.546. The highest BCUT2D eigenvalue weighted by Crippen LogP contribution is 2.27. The van der Waals surface area contributed by atoms with Crippen molar-refractivity contribution in [2.75, 3.05) is 0 Å². The second kappa shape index (κ2) is 5.54. The Balaban J connectivity index is 1.99. The van der Waals surface area contributed by atoms with Crippen molar-refractivity contribution in [1.82, 2.24) is 4.98 Å². The topological polar surface area (TPSA) is 43.1 Å². The molecule has 4 rings (SSSR count). The molecule has 2 aromatic carbocycles. The van der Waals surface area contributed by atoms with Crippen LogP contribution in [0.1, 0.15) is 0 Å². The summed E-state index contributed by atoms with van der Waals surface area (Å²) in [5.74, 6) is 0.563. The Bertz CT molecular complexity index is 1020. The highest BCUT2D eigenvalue weighted by Gasteiger charge is 2.12. The van der Waals surface area contributed by atoms with E-state index in [1.165, 1.54) is 6.07 Å². The molecule has 0 unspecified atom stereocenters. The zero-order chi connectivity index (χ0) is 15.6. The number of benzene rings is 2. The summed E-state index contributed by atoms with van der Waals surface area (Å²) in [6.45, 7) is 0. The molecule has 0 fully saturated rings.